The number of fused-ring (bicyclic) bond motifs is 3. The molecule has 0 spiro atoms. The molecule has 8 heteroatoms. The second kappa shape index (κ2) is 6.43. The molecule has 4 heterocycles. The van der Waals surface area contributed by atoms with E-state index in [0.717, 1.165) is 22.2 Å². The van der Waals surface area contributed by atoms with Gasteiger partial charge in [0.05, 0.1) is 16.1 Å². The van der Waals surface area contributed by atoms with E-state index in [2.05, 4.69) is 27.5 Å². The first-order chi connectivity index (χ1) is 14.0. The number of rotatable bonds is 2. The van der Waals surface area contributed by atoms with Gasteiger partial charge in [0.2, 0.25) is 0 Å². The van der Waals surface area contributed by atoms with Crippen molar-refractivity contribution >= 4 is 50.8 Å². The van der Waals surface area contributed by atoms with Gasteiger partial charge in [-0.05, 0) is 54.4 Å². The molecule has 0 bridgehead atoms. The van der Waals surface area contributed by atoms with Crippen molar-refractivity contribution < 1.29 is 5.11 Å². The Kier molecular flexibility index (Phi) is 3.97. The Hall–Kier alpha value is -3.16. The third-order valence-corrected chi connectivity index (χ3v) is 6.14. The van der Waals surface area contributed by atoms with Crippen LogP contribution in [-0.2, 0) is 0 Å². The van der Waals surface area contributed by atoms with Crippen LogP contribution in [0.15, 0.2) is 41.4 Å². The van der Waals surface area contributed by atoms with Gasteiger partial charge in [-0.3, -0.25) is 4.57 Å². The van der Waals surface area contributed by atoms with Crippen LogP contribution in [0.3, 0.4) is 0 Å². The number of phenols is 1. The Balaban J connectivity index is 1.99. The maximum absolute atomic E-state index is 10.3. The van der Waals surface area contributed by atoms with E-state index >= 15 is 0 Å². The molecule has 6 nitrogen and oxygen atoms in total. The lowest BCUT2D eigenvalue weighted by Gasteiger charge is -2.13. The number of hydrogen-bond acceptors (Lipinski definition) is 6. The second-order valence-corrected chi connectivity index (χ2v) is 8.02. The van der Waals surface area contributed by atoms with Gasteiger partial charge < -0.3 is 10.8 Å². The van der Waals surface area contributed by atoms with Gasteiger partial charge in [-0.1, -0.05) is 11.6 Å². The average molecular weight is 422 g/mol. The molecule has 5 rings (SSSR count). The Bertz CT molecular complexity index is 1410. The van der Waals surface area contributed by atoms with Crippen molar-refractivity contribution in [3.8, 4) is 22.6 Å². The van der Waals surface area contributed by atoms with Crippen molar-refractivity contribution in [3.63, 3.8) is 0 Å². The normalized spacial score (nSPS) is 11.6. The van der Waals surface area contributed by atoms with Gasteiger partial charge in [0.15, 0.2) is 5.65 Å². The summed E-state index contributed by atoms with van der Waals surface area (Å²) in [5.74, 6) is 0.516. The number of anilines is 1. The summed E-state index contributed by atoms with van der Waals surface area (Å²) in [6, 6.07) is 7.37. The van der Waals surface area contributed by atoms with E-state index in [9.17, 15) is 5.11 Å². The highest BCUT2D eigenvalue weighted by Gasteiger charge is 2.22. The van der Waals surface area contributed by atoms with Crippen LogP contribution in [0.4, 0.5) is 5.82 Å². The summed E-state index contributed by atoms with van der Waals surface area (Å²) in [6.45, 7) is 3.78. The third-order valence-electron chi connectivity index (χ3n) is 5.15. The summed E-state index contributed by atoms with van der Waals surface area (Å²) in [7, 11) is 0. The quantitative estimate of drug-likeness (QED) is 0.406. The summed E-state index contributed by atoms with van der Waals surface area (Å²) in [6.07, 6.45) is 1.42. The molecule has 5 aromatic rings. The number of benzene rings is 1. The predicted octanol–water partition coefficient (Wildman–Crippen LogP) is 5.26. The fourth-order valence-corrected chi connectivity index (χ4v) is 4.66. The maximum atomic E-state index is 10.3. The van der Waals surface area contributed by atoms with Crippen LogP contribution in [-0.4, -0.2) is 24.6 Å². The molecule has 0 aliphatic rings. The first-order valence-corrected chi connectivity index (χ1v) is 10.2. The van der Waals surface area contributed by atoms with Crippen LogP contribution in [0.25, 0.3) is 38.9 Å². The fourth-order valence-electron chi connectivity index (χ4n) is 3.72. The number of nitrogen functional groups attached to an aromatic ring is 1. The third kappa shape index (κ3) is 2.58. The van der Waals surface area contributed by atoms with Crippen LogP contribution in [0.5, 0.6) is 5.75 Å². The largest absolute Gasteiger partial charge is 0.508 e. The molecule has 0 amide bonds. The van der Waals surface area contributed by atoms with E-state index < -0.39 is 0 Å². The zero-order valence-electron chi connectivity index (χ0n) is 15.6. The summed E-state index contributed by atoms with van der Waals surface area (Å²) < 4.78 is 1.85. The van der Waals surface area contributed by atoms with Gasteiger partial charge >= 0.3 is 0 Å². The lowest BCUT2D eigenvalue weighted by atomic mass is 10.1. The van der Waals surface area contributed by atoms with Crippen molar-refractivity contribution in [1.29, 1.82) is 0 Å². The molecular formula is C21H16ClN5OS. The summed E-state index contributed by atoms with van der Waals surface area (Å²) in [4.78, 5) is 13.6. The molecule has 0 fully saturated rings. The highest BCUT2D eigenvalue weighted by Crippen LogP contribution is 2.40. The number of aryl methyl sites for hydroxylation is 1. The zero-order valence-corrected chi connectivity index (χ0v) is 17.2. The molecule has 0 atom stereocenters. The molecule has 1 aromatic carbocycles. The number of halogens is 1. The molecule has 29 heavy (non-hydrogen) atoms. The average Bonchev–Trinajstić information content (AvgIpc) is 3.32. The van der Waals surface area contributed by atoms with Gasteiger partial charge in [0.25, 0.3) is 0 Å². The minimum atomic E-state index is 0.146. The molecule has 0 unspecified atom stereocenters. The topological polar surface area (TPSA) is 89.9 Å². The number of nitrogens with zero attached hydrogens (tertiary/aromatic N) is 4. The molecule has 0 radical (unpaired) electrons. The van der Waals surface area contributed by atoms with Crippen LogP contribution in [0.2, 0.25) is 5.02 Å². The van der Waals surface area contributed by atoms with E-state index in [0.29, 0.717) is 38.8 Å². The van der Waals surface area contributed by atoms with E-state index in [1.807, 2.05) is 23.8 Å². The van der Waals surface area contributed by atoms with Crippen LogP contribution < -0.4 is 5.73 Å². The van der Waals surface area contributed by atoms with Crippen molar-refractivity contribution in [1.82, 2.24) is 19.5 Å². The Morgan fingerprint density at radius 1 is 1.14 bits per heavy atom. The predicted molar refractivity (Wildman–Crippen MR) is 118 cm³/mol. The number of hydrogen-bond donors (Lipinski definition) is 2. The molecule has 0 saturated heterocycles. The number of aromatic nitrogens is 4. The zero-order chi connectivity index (χ0) is 20.3. The van der Waals surface area contributed by atoms with Gasteiger partial charge in [0, 0.05) is 22.2 Å². The van der Waals surface area contributed by atoms with Gasteiger partial charge in [-0.15, -0.1) is 0 Å². The molecule has 0 aliphatic heterocycles. The van der Waals surface area contributed by atoms with Crippen molar-refractivity contribution in [2.75, 3.05) is 5.73 Å². The van der Waals surface area contributed by atoms with Gasteiger partial charge in [-0.2, -0.15) is 11.3 Å². The van der Waals surface area contributed by atoms with E-state index in [4.69, 9.17) is 22.3 Å². The second-order valence-electron chi connectivity index (χ2n) is 6.84. The molecule has 0 saturated carbocycles. The smallest absolute Gasteiger partial charge is 0.152 e. The first-order valence-electron chi connectivity index (χ1n) is 8.90. The van der Waals surface area contributed by atoms with E-state index in [1.54, 1.807) is 23.5 Å². The maximum Gasteiger partial charge on any atom is 0.152 e. The highest BCUT2D eigenvalue weighted by atomic mass is 35.5. The minimum Gasteiger partial charge on any atom is -0.508 e. The summed E-state index contributed by atoms with van der Waals surface area (Å²) in [5.41, 5.74) is 11.8. The van der Waals surface area contributed by atoms with Crippen molar-refractivity contribution in [2.45, 2.75) is 13.8 Å². The Morgan fingerprint density at radius 3 is 2.72 bits per heavy atom. The molecular weight excluding hydrogens is 406 g/mol. The summed E-state index contributed by atoms with van der Waals surface area (Å²) >= 11 is 8.19. The highest BCUT2D eigenvalue weighted by molar-refractivity contribution is 7.08. The monoisotopic (exact) mass is 421 g/mol. The number of aromatic hydroxyl groups is 1. The van der Waals surface area contributed by atoms with Gasteiger partial charge in [0.1, 0.15) is 23.5 Å². The number of nitrogens with two attached hydrogens (primary N) is 1. The Morgan fingerprint density at radius 2 is 1.97 bits per heavy atom. The van der Waals surface area contributed by atoms with Crippen molar-refractivity contribution in [3.05, 3.63) is 57.6 Å². The first kappa shape index (κ1) is 17.9. The van der Waals surface area contributed by atoms with Crippen LogP contribution >= 0.6 is 22.9 Å². The standard InChI is InChI=1S/C21H16ClN5OS/c1-10-16(28)4-3-15(22)18(10)27-20-14(17-19(23)24-9-25-21(17)27)7-13(11(2)26-20)12-5-6-29-8-12/h3-9,28H,1-2H3,(H2,23,24,25). The van der Waals surface area contributed by atoms with E-state index in [1.165, 1.54) is 6.33 Å². The lowest BCUT2D eigenvalue weighted by molar-refractivity contribution is 0.471. The molecule has 4 aromatic heterocycles. The number of pyridine rings is 1. The molecule has 3 N–H and O–H groups in total. The molecule has 0 aliphatic carbocycles. The van der Waals surface area contributed by atoms with E-state index in [-0.39, 0.29) is 5.75 Å². The summed E-state index contributed by atoms with van der Waals surface area (Å²) in [5, 5.41) is 16.5. The van der Waals surface area contributed by atoms with Crippen molar-refractivity contribution in [2.24, 2.45) is 0 Å². The van der Waals surface area contributed by atoms with Crippen LogP contribution in [0.1, 0.15) is 11.3 Å². The SMILES string of the molecule is Cc1nc2c(cc1-c1ccsc1)c1c(N)ncnc1n2-c1c(Cl)ccc(O)c1C. The number of phenolic OH excluding ortho intramolecular Hbond substituents is 1. The number of thiophene rings is 1. The molecule has 144 valence electrons. The van der Waals surface area contributed by atoms with Gasteiger partial charge in [-0.25, -0.2) is 15.0 Å². The Labute approximate surface area is 175 Å². The fraction of sp³-hybridized carbons (Fsp3) is 0.0952. The minimum absolute atomic E-state index is 0.146. The lowest BCUT2D eigenvalue weighted by Crippen LogP contribution is -2.02. The van der Waals surface area contributed by atoms with Crippen LogP contribution in [0, 0.1) is 13.8 Å².